The Morgan fingerprint density at radius 2 is 1.81 bits per heavy atom. The van der Waals surface area contributed by atoms with Crippen LogP contribution in [-0.2, 0) is 11.2 Å². The zero-order valence-electron chi connectivity index (χ0n) is 18.0. The van der Waals surface area contributed by atoms with E-state index in [4.69, 9.17) is 9.47 Å². The van der Waals surface area contributed by atoms with Gasteiger partial charge in [0.25, 0.3) is 0 Å². The summed E-state index contributed by atoms with van der Waals surface area (Å²) in [6, 6.07) is 16.7. The van der Waals surface area contributed by atoms with Crippen molar-refractivity contribution in [3.8, 4) is 5.75 Å². The molecule has 1 saturated heterocycles. The van der Waals surface area contributed by atoms with E-state index < -0.39 is 0 Å². The van der Waals surface area contributed by atoms with Crippen LogP contribution in [-0.4, -0.2) is 57.3 Å². The van der Waals surface area contributed by atoms with Crippen molar-refractivity contribution in [2.75, 3.05) is 51.3 Å². The highest BCUT2D eigenvalue weighted by Crippen LogP contribution is 2.34. The number of carbonyl (C=O) groups is 1. The highest BCUT2D eigenvalue weighted by atomic mass is 35.5. The monoisotopic (exact) mass is 460 g/mol. The van der Waals surface area contributed by atoms with Crippen LogP contribution in [0.4, 0.5) is 5.69 Å². The molecule has 3 aromatic rings. The average Bonchev–Trinajstić information content (AvgIpc) is 3.23. The van der Waals surface area contributed by atoms with Crippen LogP contribution >= 0.6 is 23.7 Å². The fourth-order valence-electron chi connectivity index (χ4n) is 3.92. The molecule has 1 fully saturated rings. The Hall–Kier alpha value is -2.28. The Balaban J connectivity index is 0.00000272. The number of thiophene rings is 1. The van der Waals surface area contributed by atoms with Crippen molar-refractivity contribution in [3.63, 3.8) is 0 Å². The second-order valence-electron chi connectivity index (χ2n) is 7.45. The topological polar surface area (TPSA) is 42.0 Å². The number of nitrogens with zero attached hydrogens (tertiary/aromatic N) is 2. The van der Waals surface area contributed by atoms with E-state index >= 15 is 0 Å². The number of hydrogen-bond acceptors (Lipinski definition) is 6. The van der Waals surface area contributed by atoms with Gasteiger partial charge in [-0.3, -0.25) is 4.90 Å². The lowest BCUT2D eigenvalue weighted by molar-refractivity contribution is 0.0532. The maximum Gasteiger partial charge on any atom is 0.348 e. The Kier molecular flexibility index (Phi) is 8.18. The van der Waals surface area contributed by atoms with Gasteiger partial charge in [-0.05, 0) is 49.2 Å². The summed E-state index contributed by atoms with van der Waals surface area (Å²) in [5, 5.41) is 1.15. The zero-order valence-corrected chi connectivity index (χ0v) is 19.6. The van der Waals surface area contributed by atoms with Crippen molar-refractivity contribution in [1.82, 2.24) is 4.90 Å². The Morgan fingerprint density at radius 3 is 2.48 bits per heavy atom. The van der Waals surface area contributed by atoms with Gasteiger partial charge in [-0.15, -0.1) is 23.7 Å². The van der Waals surface area contributed by atoms with Crippen LogP contribution in [0, 0.1) is 0 Å². The first-order chi connectivity index (χ1) is 14.7. The van der Waals surface area contributed by atoms with Crippen LogP contribution in [0.5, 0.6) is 5.75 Å². The standard InChI is InChI=1S/C24H28N2O3S.ClH/c1-3-29-24(27)23-17-20-21(5-4-6-22(20)30-23)26-15-13-25(14-16-26)12-11-18-7-9-19(28-2)10-8-18;/h4-10,17H,3,11-16H2,1-2H3;1H. The number of carbonyl (C=O) groups excluding carboxylic acids is 1. The molecule has 0 amide bonds. The predicted octanol–water partition coefficient (Wildman–Crippen LogP) is 4.87. The molecule has 0 radical (unpaired) electrons. The molecule has 0 atom stereocenters. The summed E-state index contributed by atoms with van der Waals surface area (Å²) in [5.74, 6) is 0.675. The summed E-state index contributed by atoms with van der Waals surface area (Å²) < 4.78 is 11.5. The molecule has 31 heavy (non-hydrogen) atoms. The second kappa shape index (κ2) is 10.8. The molecule has 0 aliphatic carbocycles. The smallest absolute Gasteiger partial charge is 0.348 e. The lowest BCUT2D eigenvalue weighted by Crippen LogP contribution is -2.47. The van der Waals surface area contributed by atoms with Gasteiger partial charge in [0.2, 0.25) is 0 Å². The maximum atomic E-state index is 12.1. The predicted molar refractivity (Wildman–Crippen MR) is 130 cm³/mol. The summed E-state index contributed by atoms with van der Waals surface area (Å²) >= 11 is 1.51. The van der Waals surface area contributed by atoms with E-state index in [0.717, 1.165) is 55.0 Å². The van der Waals surface area contributed by atoms with Gasteiger partial charge < -0.3 is 14.4 Å². The number of halogens is 1. The molecule has 1 aliphatic rings. The number of piperazine rings is 1. The molecule has 0 spiro atoms. The molecule has 1 aromatic heterocycles. The second-order valence-corrected chi connectivity index (χ2v) is 8.53. The molecule has 4 rings (SSSR count). The lowest BCUT2D eigenvalue weighted by Gasteiger charge is -2.36. The third-order valence-corrected chi connectivity index (χ3v) is 6.68. The Bertz CT molecular complexity index is 998. The van der Waals surface area contributed by atoms with E-state index in [1.165, 1.54) is 22.6 Å². The largest absolute Gasteiger partial charge is 0.497 e. The molecule has 166 valence electrons. The van der Waals surface area contributed by atoms with Gasteiger partial charge in [0.05, 0.1) is 13.7 Å². The molecular weight excluding hydrogens is 432 g/mol. The third-order valence-electron chi connectivity index (χ3n) is 5.60. The SMILES string of the molecule is CCOC(=O)c1cc2c(N3CCN(CCc4ccc(OC)cc4)CC3)cccc2s1.Cl. The first-order valence-electron chi connectivity index (χ1n) is 10.5. The van der Waals surface area contributed by atoms with Gasteiger partial charge in [0.15, 0.2) is 0 Å². The highest BCUT2D eigenvalue weighted by Gasteiger charge is 2.20. The van der Waals surface area contributed by atoms with Crippen LogP contribution in [0.15, 0.2) is 48.5 Å². The number of methoxy groups -OCH3 is 1. The fraction of sp³-hybridized carbons (Fsp3) is 0.375. The summed E-state index contributed by atoms with van der Waals surface area (Å²) in [5.41, 5.74) is 2.56. The van der Waals surface area contributed by atoms with Gasteiger partial charge in [0, 0.05) is 48.5 Å². The van der Waals surface area contributed by atoms with Crippen LogP contribution in [0.1, 0.15) is 22.2 Å². The van der Waals surface area contributed by atoms with Crippen molar-refractivity contribution in [2.45, 2.75) is 13.3 Å². The molecule has 0 saturated carbocycles. The van der Waals surface area contributed by atoms with Gasteiger partial charge in [-0.1, -0.05) is 18.2 Å². The van der Waals surface area contributed by atoms with Crippen molar-refractivity contribution in [1.29, 1.82) is 0 Å². The molecule has 0 bridgehead atoms. The minimum absolute atomic E-state index is 0. The van der Waals surface area contributed by atoms with E-state index in [2.05, 4.69) is 40.1 Å². The first kappa shape index (κ1) is 23.4. The quantitative estimate of drug-likeness (QED) is 0.470. The maximum absolute atomic E-state index is 12.1. The van der Waals surface area contributed by atoms with Gasteiger partial charge in [-0.25, -0.2) is 4.79 Å². The van der Waals surface area contributed by atoms with Crippen LogP contribution in [0.3, 0.4) is 0 Å². The van der Waals surface area contributed by atoms with Gasteiger partial charge >= 0.3 is 5.97 Å². The highest BCUT2D eigenvalue weighted by molar-refractivity contribution is 7.20. The number of anilines is 1. The zero-order chi connectivity index (χ0) is 20.9. The van der Waals surface area contributed by atoms with Gasteiger partial charge in [0.1, 0.15) is 10.6 Å². The van der Waals surface area contributed by atoms with Crippen molar-refractivity contribution < 1.29 is 14.3 Å². The molecule has 1 aliphatic heterocycles. The summed E-state index contributed by atoms with van der Waals surface area (Å²) in [7, 11) is 1.70. The van der Waals surface area contributed by atoms with Crippen molar-refractivity contribution >= 4 is 45.5 Å². The van der Waals surface area contributed by atoms with Crippen molar-refractivity contribution in [3.05, 3.63) is 59.0 Å². The summed E-state index contributed by atoms with van der Waals surface area (Å²) in [6.07, 6.45) is 1.05. The normalized spacial score (nSPS) is 14.3. The van der Waals surface area contributed by atoms with Crippen LogP contribution in [0.25, 0.3) is 10.1 Å². The van der Waals surface area contributed by atoms with Crippen molar-refractivity contribution in [2.24, 2.45) is 0 Å². The number of esters is 1. The number of rotatable bonds is 7. The molecule has 0 N–H and O–H groups in total. The lowest BCUT2D eigenvalue weighted by atomic mass is 10.1. The van der Waals surface area contributed by atoms with Crippen LogP contribution < -0.4 is 9.64 Å². The summed E-state index contributed by atoms with van der Waals surface area (Å²) in [6.45, 7) is 7.38. The van der Waals surface area contributed by atoms with E-state index in [1.54, 1.807) is 7.11 Å². The minimum Gasteiger partial charge on any atom is -0.497 e. The number of ether oxygens (including phenoxy) is 2. The number of fused-ring (bicyclic) bond motifs is 1. The molecule has 0 unspecified atom stereocenters. The molecule has 7 heteroatoms. The third kappa shape index (κ3) is 5.50. The molecule has 2 heterocycles. The number of hydrogen-bond donors (Lipinski definition) is 0. The minimum atomic E-state index is -0.229. The molecular formula is C24H29ClN2O3S. The Labute approximate surface area is 194 Å². The van der Waals surface area contributed by atoms with E-state index in [-0.39, 0.29) is 18.4 Å². The summed E-state index contributed by atoms with van der Waals surface area (Å²) in [4.78, 5) is 17.8. The molecule has 5 nitrogen and oxygen atoms in total. The fourth-order valence-corrected chi connectivity index (χ4v) is 4.89. The average molecular weight is 461 g/mol. The van der Waals surface area contributed by atoms with E-state index in [0.29, 0.717) is 11.5 Å². The van der Waals surface area contributed by atoms with Crippen LogP contribution in [0.2, 0.25) is 0 Å². The van der Waals surface area contributed by atoms with E-state index in [9.17, 15) is 4.79 Å². The van der Waals surface area contributed by atoms with E-state index in [1.807, 2.05) is 25.1 Å². The Morgan fingerprint density at radius 1 is 1.06 bits per heavy atom. The first-order valence-corrected chi connectivity index (χ1v) is 11.3. The number of benzene rings is 2. The molecule has 2 aromatic carbocycles. The van der Waals surface area contributed by atoms with Gasteiger partial charge in [-0.2, -0.15) is 0 Å².